The van der Waals surface area contributed by atoms with E-state index in [0.717, 1.165) is 24.3 Å². The summed E-state index contributed by atoms with van der Waals surface area (Å²) in [5, 5.41) is 2.73. The van der Waals surface area contributed by atoms with Crippen molar-refractivity contribution in [2.45, 2.75) is 12.7 Å². The Morgan fingerprint density at radius 2 is 2.00 bits per heavy atom. The van der Waals surface area contributed by atoms with Gasteiger partial charge in [0.15, 0.2) is 0 Å². The van der Waals surface area contributed by atoms with Crippen molar-refractivity contribution in [1.82, 2.24) is 10.1 Å². The fourth-order valence-electron chi connectivity index (χ4n) is 1.68. The van der Waals surface area contributed by atoms with Crippen molar-refractivity contribution in [2.24, 2.45) is 0 Å². The van der Waals surface area contributed by atoms with Gasteiger partial charge in [-0.25, -0.2) is 0 Å². The third-order valence-corrected chi connectivity index (χ3v) is 2.65. The number of allylic oxidation sites excluding steroid dienone is 1. The first kappa shape index (κ1) is 14.0. The average Bonchev–Trinajstić information content (AvgIpc) is 2.86. The van der Waals surface area contributed by atoms with Gasteiger partial charge in [-0.1, -0.05) is 18.7 Å². The van der Waals surface area contributed by atoms with E-state index >= 15 is 0 Å². The van der Waals surface area contributed by atoms with Gasteiger partial charge in [0.05, 0.1) is 5.56 Å². The molecule has 20 heavy (non-hydrogen) atoms. The standard InChI is InChI=1S/C13H10F3N3O/c1-2-7-19-12(17-8-18-19)11(20)9-3-5-10(6-4-9)13(14,15)16/h2-6,8H,1,7H2/p+1. The molecule has 0 unspecified atom stereocenters. The molecule has 104 valence electrons. The summed E-state index contributed by atoms with van der Waals surface area (Å²) in [7, 11) is 0. The van der Waals surface area contributed by atoms with Crippen molar-refractivity contribution in [3.8, 4) is 0 Å². The highest BCUT2D eigenvalue weighted by Crippen LogP contribution is 2.29. The number of aromatic nitrogens is 3. The van der Waals surface area contributed by atoms with Gasteiger partial charge in [0.2, 0.25) is 6.33 Å². The van der Waals surface area contributed by atoms with Crippen LogP contribution in [-0.2, 0) is 12.7 Å². The Bertz CT molecular complexity index is 629. The first-order valence-electron chi connectivity index (χ1n) is 5.69. The molecule has 0 aliphatic rings. The second kappa shape index (κ2) is 5.28. The molecule has 0 radical (unpaired) electrons. The topological polar surface area (TPSA) is 49.6 Å². The van der Waals surface area contributed by atoms with E-state index in [1.807, 2.05) is 0 Å². The Hall–Kier alpha value is -2.44. The molecule has 0 fully saturated rings. The van der Waals surface area contributed by atoms with Crippen molar-refractivity contribution in [3.63, 3.8) is 0 Å². The summed E-state index contributed by atoms with van der Waals surface area (Å²) >= 11 is 0. The van der Waals surface area contributed by atoms with E-state index in [4.69, 9.17) is 0 Å². The van der Waals surface area contributed by atoms with Gasteiger partial charge in [-0.2, -0.15) is 18.3 Å². The van der Waals surface area contributed by atoms with Crippen LogP contribution in [0.4, 0.5) is 13.2 Å². The molecule has 1 aromatic heterocycles. The molecule has 4 nitrogen and oxygen atoms in total. The average molecular weight is 282 g/mol. The first-order chi connectivity index (χ1) is 9.43. The summed E-state index contributed by atoms with van der Waals surface area (Å²) < 4.78 is 38.8. The zero-order chi connectivity index (χ0) is 14.8. The number of carbonyl (C=O) groups excluding carboxylic acids is 1. The van der Waals surface area contributed by atoms with Crippen LogP contribution in [0.2, 0.25) is 0 Å². The van der Waals surface area contributed by atoms with E-state index < -0.39 is 17.5 Å². The lowest BCUT2D eigenvalue weighted by molar-refractivity contribution is -0.743. The number of H-pyrrole nitrogens is 1. The van der Waals surface area contributed by atoms with Crippen LogP contribution in [0, 0.1) is 0 Å². The first-order valence-corrected chi connectivity index (χ1v) is 5.69. The summed E-state index contributed by atoms with van der Waals surface area (Å²) in [4.78, 5) is 16.0. The normalized spacial score (nSPS) is 11.3. The number of halogens is 3. The molecule has 0 amide bonds. The summed E-state index contributed by atoms with van der Waals surface area (Å²) in [5.74, 6) is -0.341. The Morgan fingerprint density at radius 3 is 2.55 bits per heavy atom. The Balaban J connectivity index is 2.29. The molecule has 2 aromatic rings. The van der Waals surface area contributed by atoms with Crippen molar-refractivity contribution in [2.75, 3.05) is 0 Å². The molecule has 0 saturated heterocycles. The lowest BCUT2D eigenvalue weighted by Gasteiger charge is -2.06. The molecule has 0 atom stereocenters. The zero-order valence-electron chi connectivity index (χ0n) is 10.3. The van der Waals surface area contributed by atoms with Crippen LogP contribution in [0.3, 0.4) is 0 Å². The molecule has 0 aliphatic heterocycles. The molecule has 1 aromatic carbocycles. The molecule has 0 spiro atoms. The maximum atomic E-state index is 12.4. The van der Waals surface area contributed by atoms with Crippen LogP contribution < -0.4 is 4.68 Å². The fraction of sp³-hybridized carbons (Fsp3) is 0.154. The number of hydrogen-bond donors (Lipinski definition) is 1. The van der Waals surface area contributed by atoms with Crippen molar-refractivity contribution >= 4 is 5.78 Å². The van der Waals surface area contributed by atoms with Crippen molar-refractivity contribution in [3.05, 3.63) is 60.2 Å². The monoisotopic (exact) mass is 282 g/mol. The SMILES string of the molecule is C=CC[n+]1[nH]cnc1C(=O)c1ccc(C(F)(F)F)cc1. The molecule has 1 N–H and O–H groups in total. The predicted octanol–water partition coefficient (Wildman–Crippen LogP) is 2.13. The second-order valence-corrected chi connectivity index (χ2v) is 4.01. The van der Waals surface area contributed by atoms with Gasteiger partial charge in [0.25, 0.3) is 5.78 Å². The maximum Gasteiger partial charge on any atom is 0.416 e. The lowest BCUT2D eigenvalue weighted by Crippen LogP contribution is -2.41. The van der Waals surface area contributed by atoms with Crippen molar-refractivity contribution < 1.29 is 22.6 Å². The van der Waals surface area contributed by atoms with Gasteiger partial charge >= 0.3 is 12.0 Å². The highest BCUT2D eigenvalue weighted by atomic mass is 19.4. The Morgan fingerprint density at radius 1 is 1.35 bits per heavy atom. The lowest BCUT2D eigenvalue weighted by atomic mass is 10.1. The van der Waals surface area contributed by atoms with Gasteiger partial charge in [-0.15, -0.1) is 4.68 Å². The predicted molar refractivity (Wildman–Crippen MR) is 63.9 cm³/mol. The maximum absolute atomic E-state index is 12.4. The van der Waals surface area contributed by atoms with Crippen LogP contribution in [-0.4, -0.2) is 15.9 Å². The minimum Gasteiger partial charge on any atom is -0.280 e. The van der Waals surface area contributed by atoms with E-state index in [2.05, 4.69) is 16.7 Å². The summed E-state index contributed by atoms with van der Waals surface area (Å²) in [6, 6.07) is 4.02. The quantitative estimate of drug-likeness (QED) is 0.530. The van der Waals surface area contributed by atoms with Gasteiger partial charge in [-0.05, 0) is 23.2 Å². The van der Waals surface area contributed by atoms with Gasteiger partial charge in [0.1, 0.15) is 6.54 Å². The number of alkyl halides is 3. The molecular formula is C13H11F3N3O+. The number of benzene rings is 1. The van der Waals surface area contributed by atoms with Crippen LogP contribution >= 0.6 is 0 Å². The molecular weight excluding hydrogens is 271 g/mol. The number of carbonyl (C=O) groups is 1. The number of nitrogens with zero attached hydrogens (tertiary/aromatic N) is 2. The van der Waals surface area contributed by atoms with Crippen LogP contribution in [0.15, 0.2) is 43.2 Å². The molecule has 0 bridgehead atoms. The van der Waals surface area contributed by atoms with Crippen LogP contribution in [0.25, 0.3) is 0 Å². The number of nitrogens with one attached hydrogen (secondary N) is 1. The van der Waals surface area contributed by atoms with Gasteiger partial charge in [-0.3, -0.25) is 4.79 Å². The Labute approximate surface area is 112 Å². The van der Waals surface area contributed by atoms with Gasteiger partial charge < -0.3 is 0 Å². The van der Waals surface area contributed by atoms with Gasteiger partial charge in [0, 0.05) is 5.56 Å². The summed E-state index contributed by atoms with van der Waals surface area (Å²) in [6.07, 6.45) is -1.51. The number of rotatable bonds is 4. The third-order valence-electron chi connectivity index (χ3n) is 2.65. The fourth-order valence-corrected chi connectivity index (χ4v) is 1.68. The minimum atomic E-state index is -4.42. The summed E-state index contributed by atoms with van der Waals surface area (Å²) in [6.45, 7) is 3.89. The van der Waals surface area contributed by atoms with E-state index in [-0.39, 0.29) is 11.4 Å². The number of hydrogen-bond acceptors (Lipinski definition) is 2. The third kappa shape index (κ3) is 2.76. The smallest absolute Gasteiger partial charge is 0.280 e. The van der Waals surface area contributed by atoms with E-state index in [9.17, 15) is 18.0 Å². The van der Waals surface area contributed by atoms with Crippen LogP contribution in [0.1, 0.15) is 21.7 Å². The summed E-state index contributed by atoms with van der Waals surface area (Å²) in [5.41, 5.74) is -0.655. The minimum absolute atomic E-state index is 0.115. The van der Waals surface area contributed by atoms with E-state index in [1.165, 1.54) is 11.0 Å². The highest BCUT2D eigenvalue weighted by molar-refractivity contribution is 6.05. The van der Waals surface area contributed by atoms with E-state index in [1.54, 1.807) is 6.08 Å². The number of aromatic amines is 1. The van der Waals surface area contributed by atoms with Crippen LogP contribution in [0.5, 0.6) is 0 Å². The van der Waals surface area contributed by atoms with E-state index in [0.29, 0.717) is 6.54 Å². The highest BCUT2D eigenvalue weighted by Gasteiger charge is 2.31. The molecule has 0 aliphatic carbocycles. The molecule has 0 saturated carbocycles. The molecule has 1 heterocycles. The molecule has 7 heteroatoms. The molecule has 2 rings (SSSR count). The Kier molecular flexibility index (Phi) is 3.69. The largest absolute Gasteiger partial charge is 0.416 e. The number of ketones is 1. The zero-order valence-corrected chi connectivity index (χ0v) is 10.3. The second-order valence-electron chi connectivity index (χ2n) is 4.01. The van der Waals surface area contributed by atoms with Crippen molar-refractivity contribution in [1.29, 1.82) is 0 Å².